The second-order valence-electron chi connectivity index (χ2n) is 5.13. The zero-order chi connectivity index (χ0) is 15.8. The molecule has 1 aromatic rings. The summed E-state index contributed by atoms with van der Waals surface area (Å²) in [5, 5.41) is 6.75. The molecule has 0 radical (unpaired) electrons. The molecule has 0 saturated heterocycles. The third-order valence-corrected chi connectivity index (χ3v) is 3.56. The SMILES string of the molecule is CCOc1ccc(CNC(=NC)NC2CC=CC2)cc1OC.I. The van der Waals surface area contributed by atoms with Gasteiger partial charge in [-0.2, -0.15) is 0 Å². The third kappa shape index (κ3) is 5.93. The fraction of sp³-hybridized carbons (Fsp3) is 0.471. The van der Waals surface area contributed by atoms with E-state index in [1.807, 2.05) is 25.1 Å². The largest absolute Gasteiger partial charge is 0.493 e. The number of halogens is 1. The molecule has 0 fully saturated rings. The van der Waals surface area contributed by atoms with Crippen molar-refractivity contribution in [2.75, 3.05) is 20.8 Å². The van der Waals surface area contributed by atoms with Gasteiger partial charge >= 0.3 is 0 Å². The van der Waals surface area contributed by atoms with E-state index in [9.17, 15) is 0 Å². The normalized spacial score (nSPS) is 14.3. The Bertz CT molecular complexity index is 539. The van der Waals surface area contributed by atoms with Crippen molar-refractivity contribution < 1.29 is 9.47 Å². The predicted octanol–water partition coefficient (Wildman–Crippen LogP) is 3.10. The maximum atomic E-state index is 5.53. The first kappa shape index (κ1) is 19.6. The van der Waals surface area contributed by atoms with E-state index in [1.54, 1.807) is 14.2 Å². The number of methoxy groups -OCH3 is 1. The van der Waals surface area contributed by atoms with E-state index < -0.39 is 0 Å². The molecule has 0 amide bonds. The Balaban J connectivity index is 0.00000264. The van der Waals surface area contributed by atoms with E-state index in [2.05, 4.69) is 27.8 Å². The van der Waals surface area contributed by atoms with Gasteiger partial charge in [0.2, 0.25) is 0 Å². The van der Waals surface area contributed by atoms with E-state index in [0.29, 0.717) is 19.2 Å². The summed E-state index contributed by atoms with van der Waals surface area (Å²) in [5.74, 6) is 2.35. The fourth-order valence-corrected chi connectivity index (χ4v) is 2.41. The average molecular weight is 431 g/mol. The van der Waals surface area contributed by atoms with Crippen LogP contribution in [0.2, 0.25) is 0 Å². The highest BCUT2D eigenvalue weighted by Crippen LogP contribution is 2.27. The molecule has 0 spiro atoms. The third-order valence-electron chi connectivity index (χ3n) is 3.56. The van der Waals surface area contributed by atoms with Crippen LogP contribution in [0, 0.1) is 0 Å². The zero-order valence-electron chi connectivity index (χ0n) is 14.0. The lowest BCUT2D eigenvalue weighted by Crippen LogP contribution is -2.42. The molecule has 0 atom stereocenters. The van der Waals surface area contributed by atoms with Gasteiger partial charge < -0.3 is 20.1 Å². The molecule has 0 saturated carbocycles. The van der Waals surface area contributed by atoms with Crippen molar-refractivity contribution in [1.82, 2.24) is 10.6 Å². The molecular formula is C17H26IN3O2. The van der Waals surface area contributed by atoms with Gasteiger partial charge in [-0.15, -0.1) is 24.0 Å². The Morgan fingerprint density at radius 1 is 1.26 bits per heavy atom. The number of aliphatic imine (C=N–C) groups is 1. The molecule has 0 bridgehead atoms. The maximum absolute atomic E-state index is 5.53. The molecule has 0 unspecified atom stereocenters. The molecular weight excluding hydrogens is 405 g/mol. The summed E-state index contributed by atoms with van der Waals surface area (Å²) in [6.07, 6.45) is 6.50. The van der Waals surface area contributed by atoms with Gasteiger partial charge in [-0.3, -0.25) is 4.99 Å². The number of benzene rings is 1. The molecule has 128 valence electrons. The van der Waals surface area contributed by atoms with Crippen molar-refractivity contribution in [2.24, 2.45) is 4.99 Å². The van der Waals surface area contributed by atoms with Crippen LogP contribution in [-0.2, 0) is 6.54 Å². The van der Waals surface area contributed by atoms with Crippen LogP contribution in [0.15, 0.2) is 35.3 Å². The van der Waals surface area contributed by atoms with E-state index >= 15 is 0 Å². The second kappa shape index (κ2) is 10.4. The Kier molecular flexibility index (Phi) is 8.83. The molecule has 1 aromatic carbocycles. The fourth-order valence-electron chi connectivity index (χ4n) is 2.41. The van der Waals surface area contributed by atoms with Crippen molar-refractivity contribution in [3.05, 3.63) is 35.9 Å². The molecule has 1 aliphatic carbocycles. The van der Waals surface area contributed by atoms with Gasteiger partial charge in [0.15, 0.2) is 17.5 Å². The number of nitrogens with zero attached hydrogens (tertiary/aromatic N) is 1. The van der Waals surface area contributed by atoms with Crippen LogP contribution >= 0.6 is 24.0 Å². The summed E-state index contributed by atoms with van der Waals surface area (Å²) in [4.78, 5) is 4.27. The summed E-state index contributed by atoms with van der Waals surface area (Å²) in [6.45, 7) is 3.27. The van der Waals surface area contributed by atoms with Crippen molar-refractivity contribution in [3.63, 3.8) is 0 Å². The van der Waals surface area contributed by atoms with E-state index in [4.69, 9.17) is 9.47 Å². The van der Waals surface area contributed by atoms with Crippen LogP contribution in [0.25, 0.3) is 0 Å². The summed E-state index contributed by atoms with van der Waals surface area (Å²) >= 11 is 0. The number of hydrogen-bond donors (Lipinski definition) is 2. The molecule has 0 aromatic heterocycles. The Labute approximate surface area is 155 Å². The first-order valence-electron chi connectivity index (χ1n) is 7.68. The quantitative estimate of drug-likeness (QED) is 0.315. The van der Waals surface area contributed by atoms with E-state index in [-0.39, 0.29) is 24.0 Å². The minimum absolute atomic E-state index is 0. The topological polar surface area (TPSA) is 54.9 Å². The van der Waals surface area contributed by atoms with Crippen LogP contribution in [0.3, 0.4) is 0 Å². The van der Waals surface area contributed by atoms with Gasteiger partial charge in [0.25, 0.3) is 0 Å². The van der Waals surface area contributed by atoms with Crippen LogP contribution in [0.1, 0.15) is 25.3 Å². The Morgan fingerprint density at radius 3 is 2.61 bits per heavy atom. The molecule has 6 heteroatoms. The highest BCUT2D eigenvalue weighted by Gasteiger charge is 2.12. The lowest BCUT2D eigenvalue weighted by Gasteiger charge is -2.17. The van der Waals surface area contributed by atoms with Gasteiger partial charge in [-0.25, -0.2) is 0 Å². The van der Waals surface area contributed by atoms with Crippen molar-refractivity contribution >= 4 is 29.9 Å². The van der Waals surface area contributed by atoms with Crippen LogP contribution < -0.4 is 20.1 Å². The van der Waals surface area contributed by atoms with Crippen LogP contribution in [-0.4, -0.2) is 32.8 Å². The summed E-state index contributed by atoms with van der Waals surface area (Å²) < 4.78 is 10.9. The first-order chi connectivity index (χ1) is 10.8. The molecule has 0 aliphatic heterocycles. The Morgan fingerprint density at radius 2 is 2.00 bits per heavy atom. The van der Waals surface area contributed by atoms with Crippen LogP contribution in [0.4, 0.5) is 0 Å². The highest BCUT2D eigenvalue weighted by molar-refractivity contribution is 14.0. The zero-order valence-corrected chi connectivity index (χ0v) is 16.3. The van der Waals surface area contributed by atoms with Gasteiger partial charge in [0.05, 0.1) is 13.7 Å². The second-order valence-corrected chi connectivity index (χ2v) is 5.13. The highest BCUT2D eigenvalue weighted by atomic mass is 127. The number of rotatable bonds is 6. The number of hydrogen-bond acceptors (Lipinski definition) is 3. The monoisotopic (exact) mass is 431 g/mol. The molecule has 5 nitrogen and oxygen atoms in total. The summed E-state index contributed by atoms with van der Waals surface area (Å²) in [6, 6.07) is 6.41. The summed E-state index contributed by atoms with van der Waals surface area (Å²) in [5.41, 5.74) is 1.12. The smallest absolute Gasteiger partial charge is 0.191 e. The molecule has 1 aliphatic rings. The molecule has 2 rings (SSSR count). The lowest BCUT2D eigenvalue weighted by molar-refractivity contribution is 0.310. The van der Waals surface area contributed by atoms with Gasteiger partial charge in [0.1, 0.15) is 0 Å². The lowest BCUT2D eigenvalue weighted by atomic mass is 10.2. The minimum atomic E-state index is 0. The number of nitrogens with one attached hydrogen (secondary N) is 2. The summed E-state index contributed by atoms with van der Waals surface area (Å²) in [7, 11) is 3.44. The van der Waals surface area contributed by atoms with Crippen LogP contribution in [0.5, 0.6) is 11.5 Å². The minimum Gasteiger partial charge on any atom is -0.493 e. The standard InChI is InChI=1S/C17H25N3O2.HI/c1-4-22-15-10-9-13(11-16(15)21-3)12-19-17(18-2)20-14-7-5-6-8-14;/h5-6,9-11,14H,4,7-8,12H2,1-3H3,(H2,18,19,20);1H. The van der Waals surface area contributed by atoms with Gasteiger partial charge in [-0.1, -0.05) is 18.2 Å². The van der Waals surface area contributed by atoms with E-state index in [1.165, 1.54) is 0 Å². The van der Waals surface area contributed by atoms with Crippen molar-refractivity contribution in [1.29, 1.82) is 0 Å². The average Bonchev–Trinajstić information content (AvgIpc) is 3.05. The predicted molar refractivity (Wildman–Crippen MR) is 105 cm³/mol. The van der Waals surface area contributed by atoms with Crippen molar-refractivity contribution in [2.45, 2.75) is 32.4 Å². The first-order valence-corrected chi connectivity index (χ1v) is 7.68. The van der Waals surface area contributed by atoms with Gasteiger partial charge in [0, 0.05) is 19.6 Å². The van der Waals surface area contributed by atoms with E-state index in [0.717, 1.165) is 35.9 Å². The number of ether oxygens (including phenoxy) is 2. The maximum Gasteiger partial charge on any atom is 0.191 e. The van der Waals surface area contributed by atoms with Gasteiger partial charge in [-0.05, 0) is 37.5 Å². The molecule has 2 N–H and O–H groups in total. The van der Waals surface area contributed by atoms with Crippen molar-refractivity contribution in [3.8, 4) is 11.5 Å². The molecule has 0 heterocycles. The Hall–Kier alpha value is -1.44. The number of guanidine groups is 1. The molecule has 23 heavy (non-hydrogen) atoms.